The molecular weight excluding hydrogens is 310 g/mol. The highest BCUT2D eigenvalue weighted by Gasteiger charge is 2.06. The van der Waals surface area contributed by atoms with E-state index in [1.54, 1.807) is 37.7 Å². The normalized spacial score (nSPS) is 10.0. The fraction of sp³-hybridized carbons (Fsp3) is 0.154. The van der Waals surface area contributed by atoms with Crippen molar-refractivity contribution in [2.45, 2.75) is 6.54 Å². The molecule has 0 aromatic carbocycles. The Morgan fingerprint density at radius 3 is 2.84 bits per heavy atom. The van der Waals surface area contributed by atoms with Crippen LogP contribution in [0.1, 0.15) is 15.9 Å². The van der Waals surface area contributed by atoms with Crippen LogP contribution in [0.5, 0.6) is 5.88 Å². The zero-order valence-electron chi connectivity index (χ0n) is 10.3. The number of carbonyl (C=O) groups excluding carboxylic acids is 1. The van der Waals surface area contributed by atoms with E-state index >= 15 is 0 Å². The van der Waals surface area contributed by atoms with Gasteiger partial charge in [0, 0.05) is 30.6 Å². The second-order valence-electron chi connectivity index (χ2n) is 3.76. The molecule has 0 bridgehead atoms. The van der Waals surface area contributed by atoms with Crippen molar-refractivity contribution < 1.29 is 9.53 Å². The number of pyridine rings is 2. The molecule has 0 spiro atoms. The number of hydrogen-bond acceptors (Lipinski definition) is 4. The van der Waals surface area contributed by atoms with E-state index in [1.165, 1.54) is 0 Å². The number of methoxy groups -OCH3 is 1. The number of aromatic nitrogens is 2. The van der Waals surface area contributed by atoms with Gasteiger partial charge < -0.3 is 10.1 Å². The van der Waals surface area contributed by atoms with E-state index in [2.05, 4.69) is 31.2 Å². The molecular formula is C13H12BrN3O2. The van der Waals surface area contributed by atoms with Gasteiger partial charge in [-0.05, 0) is 39.7 Å². The molecule has 2 aromatic heterocycles. The molecule has 1 N–H and O–H groups in total. The van der Waals surface area contributed by atoms with Crippen LogP contribution in [-0.2, 0) is 6.54 Å². The molecule has 0 saturated carbocycles. The average molecular weight is 322 g/mol. The Bertz CT molecular complexity index is 590. The summed E-state index contributed by atoms with van der Waals surface area (Å²) in [6.07, 6.45) is 3.22. The lowest BCUT2D eigenvalue weighted by atomic mass is 10.2. The lowest BCUT2D eigenvalue weighted by Gasteiger charge is -2.06. The largest absolute Gasteiger partial charge is 0.481 e. The number of amides is 1. The zero-order chi connectivity index (χ0) is 13.7. The Morgan fingerprint density at radius 1 is 1.32 bits per heavy atom. The van der Waals surface area contributed by atoms with E-state index in [0.717, 1.165) is 5.56 Å². The van der Waals surface area contributed by atoms with Crippen LogP contribution in [0.15, 0.2) is 41.3 Å². The van der Waals surface area contributed by atoms with Gasteiger partial charge in [-0.15, -0.1) is 0 Å². The average Bonchev–Trinajstić information content (AvgIpc) is 2.45. The van der Waals surface area contributed by atoms with Crippen molar-refractivity contribution in [1.29, 1.82) is 0 Å². The summed E-state index contributed by atoms with van der Waals surface area (Å²) >= 11 is 3.23. The van der Waals surface area contributed by atoms with Gasteiger partial charge in [0.25, 0.3) is 5.91 Å². The van der Waals surface area contributed by atoms with Crippen LogP contribution in [-0.4, -0.2) is 23.0 Å². The zero-order valence-corrected chi connectivity index (χ0v) is 11.8. The molecule has 0 aliphatic heterocycles. The van der Waals surface area contributed by atoms with Crippen LogP contribution in [0, 0.1) is 0 Å². The van der Waals surface area contributed by atoms with Crippen molar-refractivity contribution >= 4 is 21.8 Å². The third kappa shape index (κ3) is 3.75. The van der Waals surface area contributed by atoms with Gasteiger partial charge in [0.05, 0.1) is 7.11 Å². The van der Waals surface area contributed by atoms with Crippen LogP contribution < -0.4 is 10.1 Å². The van der Waals surface area contributed by atoms with Crippen molar-refractivity contribution in [3.63, 3.8) is 0 Å². The van der Waals surface area contributed by atoms with Crippen LogP contribution in [0.25, 0.3) is 0 Å². The standard InChI is InChI=1S/C13H12BrN3O2/c1-19-12-6-9(2-4-16-12)8-17-13(18)10-3-5-15-11(14)7-10/h2-7H,8H2,1H3,(H,17,18). The van der Waals surface area contributed by atoms with Crippen LogP contribution in [0.3, 0.4) is 0 Å². The van der Waals surface area contributed by atoms with Gasteiger partial charge in [-0.2, -0.15) is 0 Å². The van der Waals surface area contributed by atoms with Crippen LogP contribution in [0.2, 0.25) is 0 Å². The molecule has 6 heteroatoms. The number of rotatable bonds is 4. The molecule has 98 valence electrons. The Labute approximate surface area is 119 Å². The number of ether oxygens (including phenoxy) is 1. The quantitative estimate of drug-likeness (QED) is 0.877. The van der Waals surface area contributed by atoms with Crippen molar-refractivity contribution in [2.75, 3.05) is 7.11 Å². The van der Waals surface area contributed by atoms with Crippen molar-refractivity contribution in [3.8, 4) is 5.88 Å². The SMILES string of the molecule is COc1cc(CNC(=O)c2ccnc(Br)c2)ccn1. The van der Waals surface area contributed by atoms with E-state index in [0.29, 0.717) is 22.6 Å². The molecule has 0 fully saturated rings. The topological polar surface area (TPSA) is 64.1 Å². The first-order chi connectivity index (χ1) is 9.19. The summed E-state index contributed by atoms with van der Waals surface area (Å²) in [6.45, 7) is 0.414. The van der Waals surface area contributed by atoms with E-state index in [1.807, 2.05) is 6.07 Å². The van der Waals surface area contributed by atoms with Gasteiger partial charge in [-0.1, -0.05) is 0 Å². The molecule has 2 aromatic rings. The molecule has 0 radical (unpaired) electrons. The molecule has 19 heavy (non-hydrogen) atoms. The molecule has 0 saturated heterocycles. The second kappa shape index (κ2) is 6.29. The third-order valence-corrected chi connectivity index (χ3v) is 2.88. The minimum atomic E-state index is -0.154. The van der Waals surface area contributed by atoms with Gasteiger partial charge in [-0.3, -0.25) is 4.79 Å². The maximum atomic E-state index is 11.9. The monoisotopic (exact) mass is 321 g/mol. The predicted octanol–water partition coefficient (Wildman–Crippen LogP) is 2.18. The van der Waals surface area contributed by atoms with Gasteiger partial charge in [0.1, 0.15) is 4.60 Å². The summed E-state index contributed by atoms with van der Waals surface area (Å²) < 4.78 is 5.65. The lowest BCUT2D eigenvalue weighted by molar-refractivity contribution is 0.0950. The van der Waals surface area contributed by atoms with E-state index in [-0.39, 0.29) is 5.91 Å². The van der Waals surface area contributed by atoms with Crippen molar-refractivity contribution in [1.82, 2.24) is 15.3 Å². The first kappa shape index (κ1) is 13.5. The summed E-state index contributed by atoms with van der Waals surface area (Å²) in [5, 5.41) is 2.82. The number of halogens is 1. The first-order valence-corrected chi connectivity index (χ1v) is 6.37. The molecule has 5 nitrogen and oxygen atoms in total. The Kier molecular flexibility index (Phi) is 4.46. The Hall–Kier alpha value is -1.95. The maximum absolute atomic E-state index is 11.9. The van der Waals surface area contributed by atoms with Crippen LogP contribution in [0.4, 0.5) is 0 Å². The van der Waals surface area contributed by atoms with Crippen molar-refractivity contribution in [3.05, 3.63) is 52.4 Å². The summed E-state index contributed by atoms with van der Waals surface area (Å²) in [5.74, 6) is 0.372. The first-order valence-electron chi connectivity index (χ1n) is 5.57. The minimum absolute atomic E-state index is 0.154. The van der Waals surface area contributed by atoms with Crippen molar-refractivity contribution in [2.24, 2.45) is 0 Å². The number of carbonyl (C=O) groups is 1. The van der Waals surface area contributed by atoms with Gasteiger partial charge in [0.2, 0.25) is 5.88 Å². The fourth-order valence-corrected chi connectivity index (χ4v) is 1.86. The van der Waals surface area contributed by atoms with Crippen LogP contribution >= 0.6 is 15.9 Å². The highest BCUT2D eigenvalue weighted by Crippen LogP contribution is 2.10. The van der Waals surface area contributed by atoms with Gasteiger partial charge in [-0.25, -0.2) is 9.97 Å². The summed E-state index contributed by atoms with van der Waals surface area (Å²) in [5.41, 5.74) is 1.48. The van der Waals surface area contributed by atoms with E-state index in [9.17, 15) is 4.79 Å². The highest BCUT2D eigenvalue weighted by molar-refractivity contribution is 9.10. The molecule has 1 amide bonds. The summed E-state index contributed by atoms with van der Waals surface area (Å²) in [6, 6.07) is 6.93. The Balaban J connectivity index is 2.00. The molecule has 0 aliphatic rings. The number of hydrogen-bond donors (Lipinski definition) is 1. The lowest BCUT2D eigenvalue weighted by Crippen LogP contribution is -2.22. The molecule has 0 unspecified atom stereocenters. The molecule has 2 rings (SSSR count). The third-order valence-electron chi connectivity index (χ3n) is 2.45. The van der Waals surface area contributed by atoms with Gasteiger partial charge in [0.15, 0.2) is 0 Å². The highest BCUT2D eigenvalue weighted by atomic mass is 79.9. The summed E-state index contributed by atoms with van der Waals surface area (Å²) in [4.78, 5) is 19.9. The Morgan fingerprint density at radius 2 is 2.11 bits per heavy atom. The summed E-state index contributed by atoms with van der Waals surface area (Å²) in [7, 11) is 1.55. The predicted molar refractivity (Wildman–Crippen MR) is 73.9 cm³/mol. The number of nitrogens with zero attached hydrogens (tertiary/aromatic N) is 2. The van der Waals surface area contributed by atoms with Gasteiger partial charge >= 0.3 is 0 Å². The molecule has 0 aliphatic carbocycles. The second-order valence-corrected chi connectivity index (χ2v) is 4.57. The minimum Gasteiger partial charge on any atom is -0.481 e. The molecule has 0 atom stereocenters. The molecule has 2 heterocycles. The number of nitrogens with one attached hydrogen (secondary N) is 1. The fourth-order valence-electron chi connectivity index (χ4n) is 1.50. The smallest absolute Gasteiger partial charge is 0.251 e. The maximum Gasteiger partial charge on any atom is 0.251 e. The van der Waals surface area contributed by atoms with E-state index in [4.69, 9.17) is 4.74 Å². The van der Waals surface area contributed by atoms with E-state index < -0.39 is 0 Å².